The number of hydrogen-bond donors (Lipinski definition) is 2. The minimum Gasteiger partial charge on any atom is -0.326 e. The summed E-state index contributed by atoms with van der Waals surface area (Å²) in [6, 6.07) is 9.64. The fourth-order valence-electron chi connectivity index (χ4n) is 4.05. The summed E-state index contributed by atoms with van der Waals surface area (Å²) in [5, 5.41) is 5.46. The lowest BCUT2D eigenvalue weighted by atomic mass is 10.1. The van der Waals surface area contributed by atoms with E-state index in [2.05, 4.69) is 10.6 Å². The van der Waals surface area contributed by atoms with Crippen LogP contribution in [0.5, 0.6) is 0 Å². The molecule has 2 N–H and O–H groups in total. The molecule has 1 unspecified atom stereocenters. The quantitative estimate of drug-likeness (QED) is 0.762. The fraction of sp³-hybridized carbons (Fsp3) is 0.364. The SMILES string of the molecule is CC(=O)Nc1ccc(NC(=O)C2CCCN2S(=O)(=O)c2c(C)cc(C)cc2C)cc1. The smallest absolute Gasteiger partial charge is 0.244 e. The summed E-state index contributed by atoms with van der Waals surface area (Å²) in [4.78, 5) is 24.3. The van der Waals surface area contributed by atoms with E-state index >= 15 is 0 Å². The summed E-state index contributed by atoms with van der Waals surface area (Å²) < 4.78 is 28.1. The molecule has 1 aliphatic rings. The van der Waals surface area contributed by atoms with Gasteiger partial charge in [-0.1, -0.05) is 17.7 Å². The molecule has 0 spiro atoms. The van der Waals surface area contributed by atoms with Crippen LogP contribution >= 0.6 is 0 Å². The first-order valence-corrected chi connectivity index (χ1v) is 11.3. The van der Waals surface area contributed by atoms with E-state index in [0.717, 1.165) is 5.56 Å². The van der Waals surface area contributed by atoms with Gasteiger partial charge in [0.25, 0.3) is 0 Å². The number of carbonyl (C=O) groups excluding carboxylic acids is 2. The lowest BCUT2D eigenvalue weighted by molar-refractivity contribution is -0.119. The van der Waals surface area contributed by atoms with E-state index in [4.69, 9.17) is 0 Å². The molecular formula is C22H27N3O4S. The van der Waals surface area contributed by atoms with Crippen molar-refractivity contribution in [3.05, 3.63) is 53.1 Å². The minimum absolute atomic E-state index is 0.180. The van der Waals surface area contributed by atoms with Crippen LogP contribution in [-0.4, -0.2) is 37.1 Å². The molecule has 1 saturated heterocycles. The number of anilines is 2. The number of aryl methyl sites for hydroxylation is 3. The van der Waals surface area contributed by atoms with Crippen LogP contribution in [0.1, 0.15) is 36.5 Å². The molecule has 0 saturated carbocycles. The fourth-order valence-corrected chi connectivity index (χ4v) is 6.12. The normalized spacial score (nSPS) is 17.0. The van der Waals surface area contributed by atoms with Gasteiger partial charge >= 0.3 is 0 Å². The van der Waals surface area contributed by atoms with Gasteiger partial charge in [-0.25, -0.2) is 8.42 Å². The molecule has 2 amide bonds. The van der Waals surface area contributed by atoms with Crippen LogP contribution in [0.2, 0.25) is 0 Å². The zero-order chi connectivity index (χ0) is 22.1. The monoisotopic (exact) mass is 429 g/mol. The molecule has 0 aliphatic carbocycles. The Morgan fingerprint density at radius 3 is 2.03 bits per heavy atom. The van der Waals surface area contributed by atoms with Gasteiger partial charge in [-0.15, -0.1) is 0 Å². The molecule has 1 aliphatic heterocycles. The topological polar surface area (TPSA) is 95.6 Å². The second kappa shape index (κ2) is 8.57. The molecule has 1 fully saturated rings. The van der Waals surface area contributed by atoms with Crippen molar-refractivity contribution < 1.29 is 18.0 Å². The molecule has 8 heteroatoms. The van der Waals surface area contributed by atoms with Crippen molar-refractivity contribution in [1.29, 1.82) is 0 Å². The van der Waals surface area contributed by atoms with Crippen molar-refractivity contribution >= 4 is 33.2 Å². The van der Waals surface area contributed by atoms with Crippen molar-refractivity contribution in [2.24, 2.45) is 0 Å². The minimum atomic E-state index is -3.80. The Kier molecular flexibility index (Phi) is 6.28. The third-order valence-corrected chi connectivity index (χ3v) is 7.36. The summed E-state index contributed by atoms with van der Waals surface area (Å²) >= 11 is 0. The van der Waals surface area contributed by atoms with Gasteiger partial charge < -0.3 is 10.6 Å². The highest BCUT2D eigenvalue weighted by Crippen LogP contribution is 2.31. The van der Waals surface area contributed by atoms with Gasteiger partial charge in [-0.3, -0.25) is 9.59 Å². The zero-order valence-corrected chi connectivity index (χ0v) is 18.5. The van der Waals surface area contributed by atoms with Gasteiger partial charge in [0, 0.05) is 24.8 Å². The molecule has 1 atom stereocenters. The molecule has 30 heavy (non-hydrogen) atoms. The average Bonchev–Trinajstić information content (AvgIpc) is 3.12. The van der Waals surface area contributed by atoms with Crippen molar-refractivity contribution in [1.82, 2.24) is 4.31 Å². The van der Waals surface area contributed by atoms with Crippen LogP contribution in [0.25, 0.3) is 0 Å². The number of nitrogens with one attached hydrogen (secondary N) is 2. The number of carbonyl (C=O) groups is 2. The lowest BCUT2D eigenvalue weighted by Crippen LogP contribution is -2.43. The van der Waals surface area contributed by atoms with E-state index in [1.54, 1.807) is 38.1 Å². The molecule has 0 bridgehead atoms. The highest BCUT2D eigenvalue weighted by atomic mass is 32.2. The molecule has 0 aromatic heterocycles. The van der Waals surface area contributed by atoms with E-state index in [-0.39, 0.29) is 16.7 Å². The number of hydrogen-bond acceptors (Lipinski definition) is 4. The summed E-state index contributed by atoms with van der Waals surface area (Å²) in [5.41, 5.74) is 3.54. The predicted octanol–water partition coefficient (Wildman–Crippen LogP) is 3.36. The summed E-state index contributed by atoms with van der Waals surface area (Å²) in [6.07, 6.45) is 1.10. The standard InChI is InChI=1S/C22H27N3O4S/c1-14-12-15(2)21(16(3)13-14)30(28,29)25-11-5-6-20(25)22(27)24-19-9-7-18(8-10-19)23-17(4)26/h7-10,12-13,20H,5-6,11H2,1-4H3,(H,23,26)(H,24,27). The second-order valence-corrected chi connectivity index (χ2v) is 9.58. The van der Waals surface area contributed by atoms with Crippen molar-refractivity contribution in [2.75, 3.05) is 17.2 Å². The largest absolute Gasteiger partial charge is 0.326 e. The second-order valence-electron chi connectivity index (χ2n) is 7.75. The Morgan fingerprint density at radius 2 is 1.50 bits per heavy atom. The third-order valence-electron chi connectivity index (χ3n) is 5.15. The zero-order valence-electron chi connectivity index (χ0n) is 17.7. The van der Waals surface area contributed by atoms with Crippen LogP contribution in [0, 0.1) is 20.8 Å². The number of benzene rings is 2. The number of amides is 2. The van der Waals surface area contributed by atoms with Crippen LogP contribution in [0.4, 0.5) is 11.4 Å². The number of sulfonamides is 1. The molecule has 7 nitrogen and oxygen atoms in total. The Hall–Kier alpha value is -2.71. The highest BCUT2D eigenvalue weighted by molar-refractivity contribution is 7.89. The van der Waals surface area contributed by atoms with Crippen LogP contribution in [0.15, 0.2) is 41.3 Å². The first-order valence-electron chi connectivity index (χ1n) is 9.88. The van der Waals surface area contributed by atoms with E-state index < -0.39 is 16.1 Å². The highest BCUT2D eigenvalue weighted by Gasteiger charge is 2.40. The van der Waals surface area contributed by atoms with E-state index in [9.17, 15) is 18.0 Å². The van der Waals surface area contributed by atoms with Crippen LogP contribution < -0.4 is 10.6 Å². The Bertz CT molecular complexity index is 1060. The van der Waals surface area contributed by atoms with E-state index in [1.165, 1.54) is 11.2 Å². The maximum Gasteiger partial charge on any atom is 0.244 e. The number of nitrogens with zero attached hydrogens (tertiary/aromatic N) is 1. The van der Waals surface area contributed by atoms with Crippen LogP contribution in [-0.2, 0) is 19.6 Å². The van der Waals surface area contributed by atoms with E-state index in [1.807, 2.05) is 19.1 Å². The molecule has 1 heterocycles. The Morgan fingerprint density at radius 1 is 0.967 bits per heavy atom. The van der Waals surface area contributed by atoms with Crippen molar-refractivity contribution in [2.45, 2.75) is 51.5 Å². The maximum atomic E-state index is 13.4. The van der Waals surface area contributed by atoms with Crippen molar-refractivity contribution in [3.63, 3.8) is 0 Å². The van der Waals surface area contributed by atoms with E-state index in [0.29, 0.717) is 41.9 Å². The average molecular weight is 430 g/mol. The maximum absolute atomic E-state index is 13.4. The first kappa shape index (κ1) is 22.0. The summed E-state index contributed by atoms with van der Waals surface area (Å²) in [7, 11) is -3.80. The molecule has 2 aromatic carbocycles. The molecule has 160 valence electrons. The van der Waals surface area contributed by atoms with Gasteiger partial charge in [0.1, 0.15) is 6.04 Å². The molecule has 3 rings (SSSR count). The molecular weight excluding hydrogens is 402 g/mol. The summed E-state index contributed by atoms with van der Waals surface area (Å²) in [6.45, 7) is 7.24. The summed E-state index contributed by atoms with van der Waals surface area (Å²) in [5.74, 6) is -0.536. The first-order chi connectivity index (χ1) is 14.1. The number of rotatable bonds is 5. The third kappa shape index (κ3) is 4.55. The van der Waals surface area contributed by atoms with Gasteiger partial charge in [-0.05, 0) is 69.0 Å². The predicted molar refractivity (Wildman–Crippen MR) is 117 cm³/mol. The van der Waals surface area contributed by atoms with Gasteiger partial charge in [0.2, 0.25) is 21.8 Å². The Labute approximate surface area is 177 Å². The molecule has 0 radical (unpaired) electrons. The van der Waals surface area contributed by atoms with Gasteiger partial charge in [0.15, 0.2) is 0 Å². The Balaban J connectivity index is 1.81. The van der Waals surface area contributed by atoms with Gasteiger partial charge in [0.05, 0.1) is 4.90 Å². The van der Waals surface area contributed by atoms with Crippen LogP contribution in [0.3, 0.4) is 0 Å². The lowest BCUT2D eigenvalue weighted by Gasteiger charge is -2.25. The van der Waals surface area contributed by atoms with Gasteiger partial charge in [-0.2, -0.15) is 4.31 Å². The molecule has 2 aromatic rings. The van der Waals surface area contributed by atoms with Crippen molar-refractivity contribution in [3.8, 4) is 0 Å².